The van der Waals surface area contributed by atoms with Crippen molar-refractivity contribution < 1.29 is 0 Å². The van der Waals surface area contributed by atoms with Crippen molar-refractivity contribution in [3.05, 3.63) is 17.5 Å². The van der Waals surface area contributed by atoms with E-state index in [0.29, 0.717) is 0 Å². The minimum Gasteiger partial charge on any atom is -0.353 e. The predicted molar refractivity (Wildman–Crippen MR) is 78.3 cm³/mol. The molecule has 8 nitrogen and oxygen atoms in total. The SMILES string of the molecule is C/C(=N\NC1=NCCN1)c1cnn(C2=NCCN2)c1C. The van der Waals surface area contributed by atoms with Crippen LogP contribution in [0.2, 0.25) is 0 Å². The molecule has 2 aliphatic heterocycles. The highest BCUT2D eigenvalue weighted by atomic mass is 15.4. The van der Waals surface area contributed by atoms with E-state index < -0.39 is 0 Å². The van der Waals surface area contributed by atoms with Crippen molar-refractivity contribution in [2.24, 2.45) is 15.1 Å². The summed E-state index contributed by atoms with van der Waals surface area (Å²) in [5, 5.41) is 15.0. The van der Waals surface area contributed by atoms with Crippen LogP contribution in [0, 0.1) is 6.92 Å². The average Bonchev–Trinajstić information content (AvgIpc) is 3.17. The van der Waals surface area contributed by atoms with Crippen LogP contribution in [-0.2, 0) is 0 Å². The Labute approximate surface area is 117 Å². The summed E-state index contributed by atoms with van der Waals surface area (Å²) < 4.78 is 1.81. The molecule has 1 aromatic heterocycles. The number of hydrogen-bond acceptors (Lipinski definition) is 7. The summed E-state index contributed by atoms with van der Waals surface area (Å²) >= 11 is 0. The molecule has 0 bridgehead atoms. The van der Waals surface area contributed by atoms with E-state index in [2.05, 4.69) is 36.2 Å². The maximum atomic E-state index is 4.37. The number of nitrogens with zero attached hydrogens (tertiary/aromatic N) is 5. The van der Waals surface area contributed by atoms with Crippen molar-refractivity contribution in [3.63, 3.8) is 0 Å². The van der Waals surface area contributed by atoms with Crippen LogP contribution in [0.1, 0.15) is 18.2 Å². The molecule has 0 saturated carbocycles. The number of hydrazone groups is 1. The number of aliphatic imine (C=N–C) groups is 2. The van der Waals surface area contributed by atoms with Gasteiger partial charge < -0.3 is 10.6 Å². The van der Waals surface area contributed by atoms with Crippen LogP contribution in [0.4, 0.5) is 0 Å². The lowest BCUT2D eigenvalue weighted by atomic mass is 10.2. The van der Waals surface area contributed by atoms with Gasteiger partial charge in [0.25, 0.3) is 0 Å². The number of guanidine groups is 1. The molecule has 106 valence electrons. The third-order valence-electron chi connectivity index (χ3n) is 3.26. The molecule has 0 aliphatic carbocycles. The van der Waals surface area contributed by atoms with Gasteiger partial charge in [0.15, 0.2) is 0 Å². The third-order valence-corrected chi connectivity index (χ3v) is 3.26. The highest BCUT2D eigenvalue weighted by molar-refractivity contribution is 6.01. The zero-order valence-corrected chi connectivity index (χ0v) is 11.6. The first-order valence-corrected chi connectivity index (χ1v) is 6.68. The van der Waals surface area contributed by atoms with Crippen molar-refractivity contribution >= 4 is 17.6 Å². The second-order valence-electron chi connectivity index (χ2n) is 4.65. The second-order valence-corrected chi connectivity index (χ2v) is 4.65. The lowest BCUT2D eigenvalue weighted by Gasteiger charge is -2.06. The molecule has 0 aromatic carbocycles. The van der Waals surface area contributed by atoms with Crippen LogP contribution in [-0.4, -0.2) is 53.6 Å². The Morgan fingerprint density at radius 2 is 2.10 bits per heavy atom. The van der Waals surface area contributed by atoms with E-state index in [4.69, 9.17) is 0 Å². The summed E-state index contributed by atoms with van der Waals surface area (Å²) in [5.41, 5.74) is 5.80. The molecule has 20 heavy (non-hydrogen) atoms. The highest BCUT2D eigenvalue weighted by Gasteiger charge is 2.15. The molecular formula is C12H18N8. The fraction of sp³-hybridized carbons (Fsp3) is 0.500. The fourth-order valence-electron chi connectivity index (χ4n) is 2.18. The molecule has 8 heteroatoms. The molecular weight excluding hydrogens is 256 g/mol. The topological polar surface area (TPSA) is 91.0 Å². The van der Waals surface area contributed by atoms with Crippen LogP contribution in [0.15, 0.2) is 21.3 Å². The van der Waals surface area contributed by atoms with Gasteiger partial charge in [-0.1, -0.05) is 0 Å². The summed E-state index contributed by atoms with van der Waals surface area (Å²) in [4.78, 5) is 8.60. The normalized spacial score (nSPS) is 18.4. The quantitative estimate of drug-likeness (QED) is 0.490. The summed E-state index contributed by atoms with van der Waals surface area (Å²) in [7, 11) is 0. The number of rotatable bonds is 2. The summed E-state index contributed by atoms with van der Waals surface area (Å²) in [6.07, 6.45) is 1.81. The molecule has 0 radical (unpaired) electrons. The average molecular weight is 274 g/mol. The smallest absolute Gasteiger partial charge is 0.219 e. The molecule has 3 heterocycles. The first-order chi connectivity index (χ1) is 9.75. The van der Waals surface area contributed by atoms with Crippen molar-refractivity contribution in [2.75, 3.05) is 26.2 Å². The number of hydrogen-bond donors (Lipinski definition) is 3. The Balaban J connectivity index is 1.77. The van der Waals surface area contributed by atoms with Gasteiger partial charge >= 0.3 is 0 Å². The summed E-state index contributed by atoms with van der Waals surface area (Å²) in [5.74, 6) is 1.52. The maximum absolute atomic E-state index is 4.37. The lowest BCUT2D eigenvalue weighted by Crippen LogP contribution is -2.31. The van der Waals surface area contributed by atoms with E-state index in [9.17, 15) is 0 Å². The molecule has 0 amide bonds. The summed E-state index contributed by atoms with van der Waals surface area (Å²) in [6.45, 7) is 7.27. The van der Waals surface area contributed by atoms with Crippen molar-refractivity contribution in [2.45, 2.75) is 13.8 Å². The molecule has 2 aliphatic rings. The zero-order chi connectivity index (χ0) is 13.9. The van der Waals surface area contributed by atoms with Crippen LogP contribution >= 0.6 is 0 Å². The first-order valence-electron chi connectivity index (χ1n) is 6.68. The second kappa shape index (κ2) is 5.32. The molecule has 3 N–H and O–H groups in total. The standard InChI is InChI=1S/C12H18N8/c1-8(18-19-11-13-3-4-14-11)10-7-17-20(9(10)2)12-15-5-6-16-12/h7H,3-6H2,1-2H3,(H,15,16)(H2,13,14,19)/b18-8+. The Morgan fingerprint density at radius 3 is 2.80 bits per heavy atom. The first kappa shape index (κ1) is 12.6. The number of nitrogens with one attached hydrogen (secondary N) is 3. The largest absolute Gasteiger partial charge is 0.353 e. The van der Waals surface area contributed by atoms with Crippen molar-refractivity contribution in [3.8, 4) is 0 Å². The molecule has 1 aromatic rings. The van der Waals surface area contributed by atoms with Gasteiger partial charge in [-0.2, -0.15) is 10.2 Å². The minimum atomic E-state index is 0.719. The van der Waals surface area contributed by atoms with Gasteiger partial charge in [-0.25, -0.2) is 20.1 Å². The Morgan fingerprint density at radius 1 is 1.30 bits per heavy atom. The van der Waals surface area contributed by atoms with Crippen molar-refractivity contribution in [1.82, 2.24) is 25.8 Å². The third kappa shape index (κ3) is 2.36. The highest BCUT2D eigenvalue weighted by Crippen LogP contribution is 2.09. The van der Waals surface area contributed by atoms with E-state index in [-0.39, 0.29) is 0 Å². The van der Waals surface area contributed by atoms with Gasteiger partial charge in [0, 0.05) is 18.7 Å². The van der Waals surface area contributed by atoms with Crippen LogP contribution < -0.4 is 16.1 Å². The summed E-state index contributed by atoms with van der Waals surface area (Å²) in [6, 6.07) is 0. The molecule has 0 fully saturated rings. The maximum Gasteiger partial charge on any atom is 0.219 e. The minimum absolute atomic E-state index is 0.719. The van der Waals surface area contributed by atoms with Gasteiger partial charge in [0.05, 0.1) is 30.7 Å². The molecule has 3 rings (SSSR count). The molecule has 0 spiro atoms. The monoisotopic (exact) mass is 274 g/mol. The predicted octanol–water partition coefficient (Wildman–Crippen LogP) is -0.728. The van der Waals surface area contributed by atoms with Crippen LogP contribution in [0.5, 0.6) is 0 Å². The lowest BCUT2D eigenvalue weighted by molar-refractivity contribution is 0.850. The zero-order valence-electron chi connectivity index (χ0n) is 11.6. The van der Waals surface area contributed by atoms with Gasteiger partial charge in [-0.3, -0.25) is 0 Å². The van der Waals surface area contributed by atoms with Gasteiger partial charge in [0.1, 0.15) is 0 Å². The van der Waals surface area contributed by atoms with Crippen LogP contribution in [0.25, 0.3) is 0 Å². The van der Waals surface area contributed by atoms with Crippen LogP contribution in [0.3, 0.4) is 0 Å². The fourth-order valence-corrected chi connectivity index (χ4v) is 2.18. The molecule has 0 unspecified atom stereocenters. The van der Waals surface area contributed by atoms with E-state index in [0.717, 1.165) is 55.1 Å². The Bertz CT molecular complexity index is 595. The van der Waals surface area contributed by atoms with E-state index in [1.54, 1.807) is 0 Å². The van der Waals surface area contributed by atoms with E-state index in [1.807, 2.05) is 24.7 Å². The van der Waals surface area contributed by atoms with Gasteiger partial charge in [-0.15, -0.1) is 0 Å². The molecule has 0 saturated heterocycles. The number of aromatic nitrogens is 2. The molecule has 0 atom stereocenters. The van der Waals surface area contributed by atoms with Gasteiger partial charge in [0.2, 0.25) is 11.9 Å². The van der Waals surface area contributed by atoms with E-state index in [1.165, 1.54) is 0 Å². The van der Waals surface area contributed by atoms with Crippen molar-refractivity contribution in [1.29, 1.82) is 0 Å². The Hall–Kier alpha value is -2.38. The van der Waals surface area contributed by atoms with Gasteiger partial charge in [-0.05, 0) is 13.8 Å². The van der Waals surface area contributed by atoms with E-state index >= 15 is 0 Å². The Kier molecular flexibility index (Phi) is 3.36.